The molecule has 1 atom stereocenters. The molecular formula is C11H14N2O2. The molecule has 0 aliphatic rings. The first-order valence-corrected chi connectivity index (χ1v) is 4.88. The van der Waals surface area contributed by atoms with Gasteiger partial charge < -0.3 is 5.32 Å². The summed E-state index contributed by atoms with van der Waals surface area (Å²) in [5.74, 6) is -0.246. The van der Waals surface area contributed by atoms with Crippen molar-refractivity contribution in [2.24, 2.45) is 0 Å². The maximum absolute atomic E-state index is 11.6. The van der Waals surface area contributed by atoms with Crippen LogP contribution in [0.25, 0.3) is 0 Å². The van der Waals surface area contributed by atoms with Crippen molar-refractivity contribution >= 4 is 11.7 Å². The molecule has 15 heavy (non-hydrogen) atoms. The highest BCUT2D eigenvalue weighted by atomic mass is 16.2. The normalized spacial score (nSPS) is 11.9. The van der Waals surface area contributed by atoms with Gasteiger partial charge in [-0.15, -0.1) is 0 Å². The van der Waals surface area contributed by atoms with Gasteiger partial charge in [-0.2, -0.15) is 0 Å². The maximum atomic E-state index is 11.6. The highest BCUT2D eigenvalue weighted by Crippen LogP contribution is 1.97. The Morgan fingerprint density at radius 2 is 2.27 bits per heavy atom. The lowest BCUT2D eigenvalue weighted by atomic mass is 10.1. The molecule has 0 aliphatic carbocycles. The van der Waals surface area contributed by atoms with Crippen molar-refractivity contribution in [1.82, 2.24) is 10.3 Å². The Balaban J connectivity index is 2.61. The van der Waals surface area contributed by atoms with E-state index in [2.05, 4.69) is 10.3 Å². The summed E-state index contributed by atoms with van der Waals surface area (Å²) in [6.45, 7) is 3.45. The van der Waals surface area contributed by atoms with Gasteiger partial charge in [-0.05, 0) is 19.1 Å². The average Bonchev–Trinajstić information content (AvgIpc) is 2.29. The van der Waals surface area contributed by atoms with Crippen LogP contribution in [0.15, 0.2) is 24.5 Å². The number of hydrogen-bond acceptors (Lipinski definition) is 3. The second-order valence-corrected chi connectivity index (χ2v) is 3.26. The Labute approximate surface area is 88.7 Å². The smallest absolute Gasteiger partial charge is 0.253 e. The lowest BCUT2D eigenvalue weighted by molar-refractivity contribution is -0.120. The van der Waals surface area contributed by atoms with Gasteiger partial charge in [-0.1, -0.05) is 6.92 Å². The molecule has 0 saturated heterocycles. The van der Waals surface area contributed by atoms with Crippen molar-refractivity contribution in [2.75, 3.05) is 0 Å². The van der Waals surface area contributed by atoms with E-state index in [0.29, 0.717) is 12.0 Å². The van der Waals surface area contributed by atoms with Crippen molar-refractivity contribution in [3.05, 3.63) is 30.1 Å². The molecule has 1 heterocycles. The summed E-state index contributed by atoms with van der Waals surface area (Å²) in [7, 11) is 0. The van der Waals surface area contributed by atoms with Gasteiger partial charge in [0.2, 0.25) is 0 Å². The topological polar surface area (TPSA) is 59.1 Å². The van der Waals surface area contributed by atoms with Crippen molar-refractivity contribution in [3.8, 4) is 0 Å². The number of carbonyl (C=O) groups excluding carboxylic acids is 2. The zero-order chi connectivity index (χ0) is 11.3. The summed E-state index contributed by atoms with van der Waals surface area (Å²) in [4.78, 5) is 26.7. The molecule has 0 fully saturated rings. The molecule has 0 aliphatic heterocycles. The fraction of sp³-hybridized carbons (Fsp3) is 0.364. The molecule has 1 N–H and O–H groups in total. The lowest BCUT2D eigenvalue weighted by Crippen LogP contribution is -2.38. The third kappa shape index (κ3) is 3.16. The minimum Gasteiger partial charge on any atom is -0.342 e. The van der Waals surface area contributed by atoms with Crippen LogP contribution in [0.3, 0.4) is 0 Å². The van der Waals surface area contributed by atoms with Gasteiger partial charge >= 0.3 is 0 Å². The van der Waals surface area contributed by atoms with E-state index in [1.807, 2.05) is 0 Å². The van der Waals surface area contributed by atoms with Crippen molar-refractivity contribution in [3.63, 3.8) is 0 Å². The van der Waals surface area contributed by atoms with Gasteiger partial charge in [0.15, 0.2) is 5.78 Å². The molecule has 1 aromatic heterocycles. The Hall–Kier alpha value is -1.71. The van der Waals surface area contributed by atoms with E-state index in [-0.39, 0.29) is 11.7 Å². The first-order valence-electron chi connectivity index (χ1n) is 4.88. The van der Waals surface area contributed by atoms with E-state index in [4.69, 9.17) is 0 Å². The molecule has 1 unspecified atom stereocenters. The highest BCUT2D eigenvalue weighted by Gasteiger charge is 2.14. The predicted octanol–water partition coefficient (Wildman–Crippen LogP) is 1.18. The van der Waals surface area contributed by atoms with E-state index in [1.165, 1.54) is 6.20 Å². The van der Waals surface area contributed by atoms with Crippen molar-refractivity contribution < 1.29 is 9.59 Å². The maximum Gasteiger partial charge on any atom is 0.253 e. The quantitative estimate of drug-likeness (QED) is 0.804. The van der Waals surface area contributed by atoms with Gasteiger partial charge in [0.05, 0.1) is 11.6 Å². The molecule has 0 saturated carbocycles. The second kappa shape index (κ2) is 5.24. The highest BCUT2D eigenvalue weighted by molar-refractivity contribution is 5.97. The SMILES string of the molecule is CCC(=O)C(C)NC(=O)c1cccnc1. The Morgan fingerprint density at radius 1 is 1.53 bits per heavy atom. The van der Waals surface area contributed by atoms with Crippen LogP contribution in [0, 0.1) is 0 Å². The van der Waals surface area contributed by atoms with E-state index in [1.54, 1.807) is 32.2 Å². The summed E-state index contributed by atoms with van der Waals surface area (Å²) in [5.41, 5.74) is 0.466. The Bertz CT molecular complexity index is 349. The first-order chi connectivity index (χ1) is 7.15. The second-order valence-electron chi connectivity index (χ2n) is 3.26. The molecule has 1 aromatic rings. The van der Waals surface area contributed by atoms with Crippen molar-refractivity contribution in [2.45, 2.75) is 26.3 Å². The summed E-state index contributed by atoms with van der Waals surface area (Å²) < 4.78 is 0. The van der Waals surface area contributed by atoms with E-state index in [9.17, 15) is 9.59 Å². The van der Waals surface area contributed by atoms with E-state index >= 15 is 0 Å². The number of nitrogens with one attached hydrogen (secondary N) is 1. The zero-order valence-corrected chi connectivity index (χ0v) is 8.86. The summed E-state index contributed by atoms with van der Waals surface area (Å²) in [6, 6.07) is 2.90. The molecule has 1 amide bonds. The molecule has 0 bridgehead atoms. The van der Waals surface area contributed by atoms with Gasteiger partial charge in [-0.25, -0.2) is 0 Å². The van der Waals surface area contributed by atoms with Gasteiger partial charge in [-0.3, -0.25) is 14.6 Å². The summed E-state index contributed by atoms with van der Waals surface area (Å²) >= 11 is 0. The van der Waals surface area contributed by atoms with Crippen LogP contribution in [0.1, 0.15) is 30.6 Å². The van der Waals surface area contributed by atoms with Crippen molar-refractivity contribution in [1.29, 1.82) is 0 Å². The summed E-state index contributed by atoms with van der Waals surface area (Å²) in [6.07, 6.45) is 3.49. The van der Waals surface area contributed by atoms with Crippen LogP contribution in [-0.4, -0.2) is 22.7 Å². The first kappa shape index (κ1) is 11.4. The predicted molar refractivity (Wildman–Crippen MR) is 56.5 cm³/mol. The third-order valence-electron chi connectivity index (χ3n) is 2.10. The number of Topliss-reactive ketones (excluding diaryl/α,β-unsaturated/α-hetero) is 1. The van der Waals surface area contributed by atoms with Crippen LogP contribution >= 0.6 is 0 Å². The molecule has 4 heteroatoms. The number of hydrogen-bond donors (Lipinski definition) is 1. The average molecular weight is 206 g/mol. The zero-order valence-electron chi connectivity index (χ0n) is 8.86. The number of ketones is 1. The number of nitrogens with zero attached hydrogens (tertiary/aromatic N) is 1. The van der Waals surface area contributed by atoms with Crippen LogP contribution < -0.4 is 5.32 Å². The van der Waals surface area contributed by atoms with E-state index in [0.717, 1.165) is 0 Å². The van der Waals surface area contributed by atoms with Crippen LogP contribution in [0.2, 0.25) is 0 Å². The fourth-order valence-electron chi connectivity index (χ4n) is 1.16. The molecule has 4 nitrogen and oxygen atoms in total. The van der Waals surface area contributed by atoms with Gasteiger partial charge in [0.1, 0.15) is 0 Å². The molecule has 0 aromatic carbocycles. The third-order valence-corrected chi connectivity index (χ3v) is 2.10. The van der Waals surface area contributed by atoms with Crippen LogP contribution in [0.5, 0.6) is 0 Å². The van der Waals surface area contributed by atoms with Crippen LogP contribution in [0.4, 0.5) is 0 Å². The monoisotopic (exact) mass is 206 g/mol. The molecule has 0 radical (unpaired) electrons. The molecule has 80 valence electrons. The number of rotatable bonds is 4. The summed E-state index contributed by atoms with van der Waals surface area (Å²) in [5, 5.41) is 2.62. The number of carbonyl (C=O) groups is 2. The fourth-order valence-corrected chi connectivity index (χ4v) is 1.16. The Morgan fingerprint density at radius 3 is 2.80 bits per heavy atom. The standard InChI is InChI=1S/C11H14N2O2/c1-3-10(14)8(2)13-11(15)9-5-4-6-12-7-9/h4-8H,3H2,1-2H3,(H,13,15). The largest absolute Gasteiger partial charge is 0.342 e. The van der Waals surface area contributed by atoms with Gasteiger partial charge in [0, 0.05) is 18.8 Å². The van der Waals surface area contributed by atoms with Gasteiger partial charge in [0.25, 0.3) is 5.91 Å². The molecular weight excluding hydrogens is 192 g/mol. The number of aromatic nitrogens is 1. The minimum atomic E-state index is -0.442. The number of amides is 1. The number of pyridine rings is 1. The minimum absolute atomic E-state index is 0.0206. The molecule has 1 rings (SSSR count). The Kier molecular flexibility index (Phi) is 3.97. The molecule has 0 spiro atoms. The van der Waals surface area contributed by atoms with Crippen LogP contribution in [-0.2, 0) is 4.79 Å². The van der Waals surface area contributed by atoms with E-state index < -0.39 is 6.04 Å². The lowest BCUT2D eigenvalue weighted by Gasteiger charge is -2.11.